The number of benzene rings is 1. The maximum atomic E-state index is 13.2. The highest BCUT2D eigenvalue weighted by Gasteiger charge is 2.27. The Morgan fingerprint density at radius 2 is 1.95 bits per heavy atom. The highest BCUT2D eigenvalue weighted by molar-refractivity contribution is 5.34. The van der Waals surface area contributed by atoms with Crippen LogP contribution in [0.4, 0.5) is 17.6 Å². The number of rotatable bonds is 8. The van der Waals surface area contributed by atoms with Gasteiger partial charge in [0.2, 0.25) is 0 Å². The molecule has 0 saturated carbocycles. The second kappa shape index (κ2) is 8.19. The third kappa shape index (κ3) is 7.87. The SMILES string of the molecule is CC(N)Cc1cc(F)ccc1OCCCOCC(F)(F)F. The Morgan fingerprint density at radius 3 is 2.57 bits per heavy atom. The molecule has 1 atom stereocenters. The van der Waals surface area contributed by atoms with Gasteiger partial charge in [0.05, 0.1) is 13.2 Å². The summed E-state index contributed by atoms with van der Waals surface area (Å²) in [6, 6.07) is 3.95. The molecule has 0 radical (unpaired) electrons. The molecule has 0 aromatic heterocycles. The summed E-state index contributed by atoms with van der Waals surface area (Å²) in [6.45, 7) is 0.665. The molecule has 0 saturated heterocycles. The molecular weight excluding hydrogens is 290 g/mol. The van der Waals surface area contributed by atoms with Gasteiger partial charge in [-0.15, -0.1) is 0 Å². The van der Waals surface area contributed by atoms with Gasteiger partial charge in [0, 0.05) is 12.5 Å². The summed E-state index contributed by atoms with van der Waals surface area (Å²) in [5.74, 6) is 0.107. The number of nitrogens with two attached hydrogens (primary N) is 1. The smallest absolute Gasteiger partial charge is 0.411 e. The summed E-state index contributed by atoms with van der Waals surface area (Å²) in [6.07, 6.45) is -3.55. The average Bonchev–Trinajstić information content (AvgIpc) is 2.33. The van der Waals surface area contributed by atoms with Crippen molar-refractivity contribution in [3.63, 3.8) is 0 Å². The van der Waals surface area contributed by atoms with Crippen molar-refractivity contribution in [1.82, 2.24) is 0 Å². The van der Waals surface area contributed by atoms with Gasteiger partial charge < -0.3 is 15.2 Å². The van der Waals surface area contributed by atoms with Crippen molar-refractivity contribution in [2.24, 2.45) is 5.73 Å². The van der Waals surface area contributed by atoms with E-state index in [2.05, 4.69) is 4.74 Å². The van der Waals surface area contributed by atoms with Crippen LogP contribution in [0, 0.1) is 5.82 Å². The third-order valence-electron chi connectivity index (χ3n) is 2.52. The number of hydrogen-bond acceptors (Lipinski definition) is 3. The molecule has 0 heterocycles. The molecule has 0 fully saturated rings. The molecule has 3 nitrogen and oxygen atoms in total. The van der Waals surface area contributed by atoms with Crippen molar-refractivity contribution in [2.45, 2.75) is 32.0 Å². The van der Waals surface area contributed by atoms with Gasteiger partial charge in [-0.25, -0.2) is 4.39 Å². The van der Waals surface area contributed by atoms with Crippen molar-refractivity contribution < 1.29 is 27.0 Å². The fourth-order valence-corrected chi connectivity index (χ4v) is 1.73. The summed E-state index contributed by atoms with van der Waals surface area (Å²) in [7, 11) is 0. The Bertz CT molecular complexity index is 435. The molecule has 1 unspecified atom stereocenters. The molecule has 1 aromatic rings. The highest BCUT2D eigenvalue weighted by atomic mass is 19.4. The first kappa shape index (κ1) is 17.7. The fourth-order valence-electron chi connectivity index (χ4n) is 1.73. The maximum absolute atomic E-state index is 13.2. The Kier molecular flexibility index (Phi) is 6.91. The zero-order valence-electron chi connectivity index (χ0n) is 11.8. The Balaban J connectivity index is 2.38. The van der Waals surface area contributed by atoms with Crippen LogP contribution in [0.25, 0.3) is 0 Å². The third-order valence-corrected chi connectivity index (χ3v) is 2.52. The summed E-state index contributed by atoms with van der Waals surface area (Å²) in [5.41, 5.74) is 6.31. The minimum atomic E-state index is -4.32. The Labute approximate surface area is 121 Å². The lowest BCUT2D eigenvalue weighted by Gasteiger charge is -2.13. The zero-order chi connectivity index (χ0) is 15.9. The summed E-state index contributed by atoms with van der Waals surface area (Å²) < 4.78 is 58.6. The van der Waals surface area contributed by atoms with Gasteiger partial charge in [-0.1, -0.05) is 0 Å². The normalized spacial score (nSPS) is 13.2. The van der Waals surface area contributed by atoms with E-state index in [0.717, 1.165) is 0 Å². The van der Waals surface area contributed by atoms with Gasteiger partial charge in [0.25, 0.3) is 0 Å². The van der Waals surface area contributed by atoms with Crippen molar-refractivity contribution >= 4 is 0 Å². The molecule has 0 aliphatic heterocycles. The summed E-state index contributed by atoms with van der Waals surface area (Å²) >= 11 is 0. The molecule has 7 heteroatoms. The molecule has 0 aliphatic carbocycles. The lowest BCUT2D eigenvalue weighted by Crippen LogP contribution is -2.19. The van der Waals surface area contributed by atoms with E-state index in [-0.39, 0.29) is 25.1 Å². The van der Waals surface area contributed by atoms with E-state index < -0.39 is 12.8 Å². The van der Waals surface area contributed by atoms with Crippen molar-refractivity contribution in [1.29, 1.82) is 0 Å². The lowest BCUT2D eigenvalue weighted by molar-refractivity contribution is -0.174. The zero-order valence-corrected chi connectivity index (χ0v) is 11.8. The molecule has 2 N–H and O–H groups in total. The fraction of sp³-hybridized carbons (Fsp3) is 0.571. The molecule has 0 aliphatic rings. The van der Waals surface area contributed by atoms with Crippen molar-refractivity contribution in [3.05, 3.63) is 29.6 Å². The van der Waals surface area contributed by atoms with Crippen molar-refractivity contribution in [3.8, 4) is 5.75 Å². The largest absolute Gasteiger partial charge is 0.493 e. The topological polar surface area (TPSA) is 44.5 Å². The van der Waals surface area contributed by atoms with Crippen LogP contribution in [0.5, 0.6) is 5.75 Å². The first-order chi connectivity index (χ1) is 9.78. The molecule has 0 amide bonds. The van der Waals surface area contributed by atoms with E-state index in [0.29, 0.717) is 24.2 Å². The molecule has 0 bridgehead atoms. The quantitative estimate of drug-likeness (QED) is 0.593. The molecule has 120 valence electrons. The molecular formula is C14H19F4NO2. The van der Waals surface area contributed by atoms with E-state index in [1.54, 1.807) is 6.92 Å². The van der Waals surface area contributed by atoms with Crippen LogP contribution in [0.1, 0.15) is 18.9 Å². The average molecular weight is 309 g/mol. The molecule has 0 spiro atoms. The monoisotopic (exact) mass is 309 g/mol. The van der Waals surface area contributed by atoms with E-state index in [4.69, 9.17) is 10.5 Å². The van der Waals surface area contributed by atoms with Crippen LogP contribution in [0.3, 0.4) is 0 Å². The molecule has 21 heavy (non-hydrogen) atoms. The number of hydrogen-bond donors (Lipinski definition) is 1. The second-order valence-electron chi connectivity index (χ2n) is 4.80. The van der Waals surface area contributed by atoms with E-state index in [1.165, 1.54) is 18.2 Å². The number of alkyl halides is 3. The minimum Gasteiger partial charge on any atom is -0.493 e. The minimum absolute atomic E-state index is 0.0523. The van der Waals surface area contributed by atoms with Gasteiger partial charge in [-0.05, 0) is 37.1 Å². The second-order valence-corrected chi connectivity index (χ2v) is 4.80. The van der Waals surface area contributed by atoms with E-state index in [9.17, 15) is 17.6 Å². The van der Waals surface area contributed by atoms with Gasteiger partial charge in [0.1, 0.15) is 18.2 Å². The summed E-state index contributed by atoms with van der Waals surface area (Å²) in [5, 5.41) is 0. The number of ether oxygens (including phenoxy) is 2. The summed E-state index contributed by atoms with van der Waals surface area (Å²) in [4.78, 5) is 0. The predicted molar refractivity (Wildman–Crippen MR) is 70.7 cm³/mol. The van der Waals surface area contributed by atoms with Gasteiger partial charge in [-0.2, -0.15) is 13.2 Å². The van der Waals surface area contributed by atoms with E-state index >= 15 is 0 Å². The first-order valence-corrected chi connectivity index (χ1v) is 6.59. The Hall–Kier alpha value is -1.34. The van der Waals surface area contributed by atoms with Crippen LogP contribution >= 0.6 is 0 Å². The van der Waals surface area contributed by atoms with Crippen LogP contribution in [0.2, 0.25) is 0 Å². The van der Waals surface area contributed by atoms with Crippen LogP contribution < -0.4 is 10.5 Å². The predicted octanol–water partition coefficient (Wildman–Crippen LogP) is 3.06. The molecule has 1 aromatic carbocycles. The Morgan fingerprint density at radius 1 is 1.24 bits per heavy atom. The van der Waals surface area contributed by atoms with Crippen LogP contribution in [-0.2, 0) is 11.2 Å². The van der Waals surface area contributed by atoms with Gasteiger partial charge >= 0.3 is 6.18 Å². The van der Waals surface area contributed by atoms with Crippen LogP contribution in [0.15, 0.2) is 18.2 Å². The van der Waals surface area contributed by atoms with Crippen molar-refractivity contribution in [2.75, 3.05) is 19.8 Å². The standard InChI is InChI=1S/C14H19F4NO2/c1-10(19)7-11-8-12(15)3-4-13(11)21-6-2-5-20-9-14(16,17)18/h3-4,8,10H,2,5-7,9,19H2,1H3. The first-order valence-electron chi connectivity index (χ1n) is 6.59. The molecule has 1 rings (SSSR count). The highest BCUT2D eigenvalue weighted by Crippen LogP contribution is 2.21. The maximum Gasteiger partial charge on any atom is 0.411 e. The van der Waals surface area contributed by atoms with Gasteiger partial charge in [0.15, 0.2) is 0 Å². The van der Waals surface area contributed by atoms with Crippen LogP contribution in [-0.4, -0.2) is 32.0 Å². The van der Waals surface area contributed by atoms with Gasteiger partial charge in [-0.3, -0.25) is 0 Å². The number of halogens is 4. The lowest BCUT2D eigenvalue weighted by atomic mass is 10.1. The van der Waals surface area contributed by atoms with E-state index in [1.807, 2.05) is 0 Å².